The number of nitrogens with two attached hydrogens (primary N) is 1. The van der Waals surface area contributed by atoms with E-state index in [2.05, 4.69) is 77.8 Å². The Labute approximate surface area is 135 Å². The van der Waals surface area contributed by atoms with Crippen LogP contribution >= 0.6 is 0 Å². The first-order valence-corrected chi connectivity index (χ1v) is 7.81. The molecule has 4 aromatic rings. The number of H-pyrrole nitrogens is 1. The number of nitrogens with one attached hydrogen (secondary N) is 1. The fraction of sp³-hybridized carbons (Fsp3) is 0.0476. The van der Waals surface area contributed by atoms with Gasteiger partial charge in [-0.25, -0.2) is 0 Å². The van der Waals surface area contributed by atoms with Crippen LogP contribution in [0.3, 0.4) is 0 Å². The van der Waals surface area contributed by atoms with Crippen molar-refractivity contribution < 1.29 is 0 Å². The molecule has 0 amide bonds. The van der Waals surface area contributed by atoms with Crippen molar-refractivity contribution in [2.75, 3.05) is 0 Å². The van der Waals surface area contributed by atoms with E-state index in [1.165, 1.54) is 22.1 Å². The van der Waals surface area contributed by atoms with Gasteiger partial charge in [-0.05, 0) is 46.5 Å². The maximum absolute atomic E-state index is 5.73. The zero-order valence-corrected chi connectivity index (χ0v) is 12.8. The zero-order valence-electron chi connectivity index (χ0n) is 12.8. The van der Waals surface area contributed by atoms with Gasteiger partial charge in [-0.2, -0.15) is 0 Å². The molecule has 0 fully saturated rings. The second kappa shape index (κ2) is 5.75. The Bertz CT molecular complexity index is 952. The second-order valence-corrected chi connectivity index (χ2v) is 5.76. The Kier molecular flexibility index (Phi) is 3.45. The van der Waals surface area contributed by atoms with Gasteiger partial charge in [0, 0.05) is 23.1 Å². The van der Waals surface area contributed by atoms with E-state index in [0.29, 0.717) is 6.54 Å². The third-order valence-electron chi connectivity index (χ3n) is 4.20. The van der Waals surface area contributed by atoms with Crippen LogP contribution in [0.1, 0.15) is 5.56 Å². The molecule has 0 atom stereocenters. The minimum atomic E-state index is 0.569. The molecule has 2 heteroatoms. The molecule has 3 N–H and O–H groups in total. The van der Waals surface area contributed by atoms with Crippen LogP contribution in [0.15, 0.2) is 78.9 Å². The van der Waals surface area contributed by atoms with E-state index < -0.39 is 0 Å². The molecule has 0 aliphatic rings. The summed E-state index contributed by atoms with van der Waals surface area (Å²) in [5, 5.41) is 1.20. The predicted octanol–water partition coefficient (Wildman–Crippen LogP) is 4.96. The number of fused-ring (bicyclic) bond motifs is 1. The zero-order chi connectivity index (χ0) is 15.6. The van der Waals surface area contributed by atoms with Crippen molar-refractivity contribution in [2.45, 2.75) is 6.54 Å². The maximum atomic E-state index is 5.73. The van der Waals surface area contributed by atoms with Gasteiger partial charge in [-0.3, -0.25) is 0 Å². The van der Waals surface area contributed by atoms with Gasteiger partial charge in [0.1, 0.15) is 0 Å². The molecule has 0 unspecified atom stereocenters. The summed E-state index contributed by atoms with van der Waals surface area (Å²) < 4.78 is 0. The Morgan fingerprint density at radius 3 is 2.30 bits per heavy atom. The standard InChI is InChI=1S/C21H18N2/c22-14-15-9-10-20-19(11-15)13-21(23-20)18-8-4-7-17(12-18)16-5-2-1-3-6-16/h1-13,23H,14,22H2. The van der Waals surface area contributed by atoms with E-state index >= 15 is 0 Å². The Morgan fingerprint density at radius 1 is 0.696 bits per heavy atom. The van der Waals surface area contributed by atoms with Crippen molar-refractivity contribution in [3.63, 3.8) is 0 Å². The highest BCUT2D eigenvalue weighted by Gasteiger charge is 2.05. The number of hydrogen-bond acceptors (Lipinski definition) is 1. The molecule has 0 saturated heterocycles. The SMILES string of the molecule is NCc1ccc2[nH]c(-c3cccc(-c4ccccc4)c3)cc2c1. The Balaban J connectivity index is 1.79. The summed E-state index contributed by atoms with van der Waals surface area (Å²) in [5.74, 6) is 0. The summed E-state index contributed by atoms with van der Waals surface area (Å²) in [6.45, 7) is 0.569. The summed E-state index contributed by atoms with van der Waals surface area (Å²) >= 11 is 0. The van der Waals surface area contributed by atoms with E-state index in [4.69, 9.17) is 5.73 Å². The highest BCUT2D eigenvalue weighted by Crippen LogP contribution is 2.28. The van der Waals surface area contributed by atoms with Crippen molar-refractivity contribution >= 4 is 10.9 Å². The van der Waals surface area contributed by atoms with E-state index in [-0.39, 0.29) is 0 Å². The maximum Gasteiger partial charge on any atom is 0.0464 e. The van der Waals surface area contributed by atoms with Crippen LogP contribution in [0.2, 0.25) is 0 Å². The number of aromatic amines is 1. The topological polar surface area (TPSA) is 41.8 Å². The molecule has 0 aliphatic heterocycles. The molecule has 0 saturated carbocycles. The van der Waals surface area contributed by atoms with Gasteiger partial charge in [0.15, 0.2) is 0 Å². The first kappa shape index (κ1) is 13.8. The van der Waals surface area contributed by atoms with E-state index in [1.807, 2.05) is 6.07 Å². The van der Waals surface area contributed by atoms with Gasteiger partial charge in [0.25, 0.3) is 0 Å². The van der Waals surface area contributed by atoms with Crippen molar-refractivity contribution in [3.05, 3.63) is 84.4 Å². The summed E-state index contributed by atoms with van der Waals surface area (Å²) in [4.78, 5) is 3.50. The van der Waals surface area contributed by atoms with Crippen molar-refractivity contribution in [1.29, 1.82) is 0 Å². The van der Waals surface area contributed by atoms with E-state index in [0.717, 1.165) is 16.8 Å². The van der Waals surface area contributed by atoms with Crippen LogP contribution in [0.4, 0.5) is 0 Å². The van der Waals surface area contributed by atoms with Crippen molar-refractivity contribution in [3.8, 4) is 22.4 Å². The van der Waals surface area contributed by atoms with Crippen molar-refractivity contribution in [1.82, 2.24) is 4.98 Å². The van der Waals surface area contributed by atoms with Crippen LogP contribution < -0.4 is 5.73 Å². The Hall–Kier alpha value is -2.84. The summed E-state index contributed by atoms with van der Waals surface area (Å²) in [6, 6.07) is 27.6. The van der Waals surface area contributed by atoms with E-state index in [9.17, 15) is 0 Å². The first-order valence-electron chi connectivity index (χ1n) is 7.81. The average molecular weight is 298 g/mol. The highest BCUT2D eigenvalue weighted by atomic mass is 14.7. The number of benzene rings is 3. The fourth-order valence-electron chi connectivity index (χ4n) is 2.96. The van der Waals surface area contributed by atoms with E-state index in [1.54, 1.807) is 0 Å². The van der Waals surface area contributed by atoms with Gasteiger partial charge < -0.3 is 10.7 Å². The normalized spacial score (nSPS) is 11.0. The molecule has 1 aromatic heterocycles. The van der Waals surface area contributed by atoms with Crippen molar-refractivity contribution in [2.24, 2.45) is 5.73 Å². The number of aromatic nitrogens is 1. The second-order valence-electron chi connectivity index (χ2n) is 5.76. The van der Waals surface area contributed by atoms with Crippen LogP contribution in [-0.4, -0.2) is 4.98 Å². The predicted molar refractivity (Wildman–Crippen MR) is 97.1 cm³/mol. The third-order valence-corrected chi connectivity index (χ3v) is 4.20. The molecule has 0 bridgehead atoms. The fourth-order valence-corrected chi connectivity index (χ4v) is 2.96. The number of rotatable bonds is 3. The molecule has 112 valence electrons. The van der Waals surface area contributed by atoms with Gasteiger partial charge >= 0.3 is 0 Å². The molecule has 4 rings (SSSR count). The lowest BCUT2D eigenvalue weighted by atomic mass is 10.0. The first-order chi connectivity index (χ1) is 11.3. The molecule has 1 heterocycles. The van der Waals surface area contributed by atoms with Gasteiger partial charge in [-0.15, -0.1) is 0 Å². The largest absolute Gasteiger partial charge is 0.355 e. The minimum absolute atomic E-state index is 0.569. The molecule has 0 spiro atoms. The summed E-state index contributed by atoms with van der Waals surface area (Å²) in [5.41, 5.74) is 12.8. The molecule has 3 aromatic carbocycles. The van der Waals surface area contributed by atoms with Gasteiger partial charge in [0.2, 0.25) is 0 Å². The molecular formula is C21H18N2. The lowest BCUT2D eigenvalue weighted by Gasteiger charge is -2.04. The monoisotopic (exact) mass is 298 g/mol. The highest BCUT2D eigenvalue weighted by molar-refractivity contribution is 5.87. The van der Waals surface area contributed by atoms with Crippen LogP contribution in [0, 0.1) is 0 Å². The van der Waals surface area contributed by atoms with Crippen LogP contribution in [0.5, 0.6) is 0 Å². The minimum Gasteiger partial charge on any atom is -0.355 e. The smallest absolute Gasteiger partial charge is 0.0464 e. The summed E-state index contributed by atoms with van der Waals surface area (Å²) in [6.07, 6.45) is 0. The lowest BCUT2D eigenvalue weighted by Crippen LogP contribution is -1.94. The van der Waals surface area contributed by atoms with Gasteiger partial charge in [-0.1, -0.05) is 54.6 Å². The van der Waals surface area contributed by atoms with Crippen LogP contribution in [-0.2, 0) is 6.54 Å². The molecule has 23 heavy (non-hydrogen) atoms. The number of hydrogen-bond donors (Lipinski definition) is 2. The quantitative estimate of drug-likeness (QED) is 0.551. The molecular weight excluding hydrogens is 280 g/mol. The Morgan fingerprint density at radius 2 is 1.48 bits per heavy atom. The van der Waals surface area contributed by atoms with Gasteiger partial charge in [0.05, 0.1) is 0 Å². The molecule has 2 nitrogen and oxygen atoms in total. The molecule has 0 radical (unpaired) electrons. The van der Waals surface area contributed by atoms with Crippen LogP contribution in [0.25, 0.3) is 33.3 Å². The average Bonchev–Trinajstić information content (AvgIpc) is 3.06. The third kappa shape index (κ3) is 2.65. The lowest BCUT2D eigenvalue weighted by molar-refractivity contribution is 1.08. The molecule has 0 aliphatic carbocycles. The summed E-state index contributed by atoms with van der Waals surface area (Å²) in [7, 11) is 0.